The molecule has 1 atom stereocenters. The maximum Gasteiger partial charge on any atom is 0.237 e. The van der Waals surface area contributed by atoms with Crippen LogP contribution in [0.15, 0.2) is 24.3 Å². The topological polar surface area (TPSA) is 78.6 Å². The van der Waals surface area contributed by atoms with E-state index in [0.29, 0.717) is 13.0 Å². The molecule has 1 fully saturated rings. The predicted molar refractivity (Wildman–Crippen MR) is 107 cm³/mol. The first-order chi connectivity index (χ1) is 11.6. The summed E-state index contributed by atoms with van der Waals surface area (Å²) in [5, 5.41) is 12.5. The summed E-state index contributed by atoms with van der Waals surface area (Å²) >= 11 is 1.70. The summed E-state index contributed by atoms with van der Waals surface area (Å²) in [6.45, 7) is 3.33. The quantitative estimate of drug-likeness (QED) is 0.633. The zero-order valence-corrected chi connectivity index (χ0v) is 16.5. The van der Waals surface area contributed by atoms with Crippen LogP contribution < -0.4 is 11.1 Å². The molecule has 1 saturated heterocycles. The van der Waals surface area contributed by atoms with Gasteiger partial charge < -0.3 is 16.2 Å². The lowest BCUT2D eigenvalue weighted by molar-refractivity contribution is -0.122. The number of likely N-dealkylation sites (tertiary alicyclic amines) is 1. The fourth-order valence-electron chi connectivity index (χ4n) is 2.79. The van der Waals surface area contributed by atoms with Crippen LogP contribution in [0, 0.1) is 0 Å². The van der Waals surface area contributed by atoms with Gasteiger partial charge in [-0.2, -0.15) is 11.8 Å². The number of aliphatic hydroxyl groups excluding tert-OH is 1. The number of carbonyl (C=O) groups is 1. The first-order valence-corrected chi connectivity index (χ1v) is 9.98. The van der Waals surface area contributed by atoms with Crippen LogP contribution >= 0.6 is 24.2 Å². The Kier molecular flexibility index (Phi) is 10.5. The number of nitrogens with two attached hydrogens (primary N) is 1. The van der Waals surface area contributed by atoms with Crippen LogP contribution in [0.5, 0.6) is 0 Å². The summed E-state index contributed by atoms with van der Waals surface area (Å²) in [7, 11) is 0. The van der Waals surface area contributed by atoms with Gasteiger partial charge in [0, 0.05) is 26.2 Å². The van der Waals surface area contributed by atoms with Gasteiger partial charge in [0.15, 0.2) is 0 Å². The molecule has 0 radical (unpaired) electrons. The van der Waals surface area contributed by atoms with Gasteiger partial charge in [0.25, 0.3) is 0 Å². The highest BCUT2D eigenvalue weighted by atomic mass is 35.5. The molecule has 2 rings (SSSR count). The molecule has 4 N–H and O–H groups in total. The van der Waals surface area contributed by atoms with Gasteiger partial charge in [0.05, 0.1) is 12.1 Å². The van der Waals surface area contributed by atoms with E-state index in [-0.39, 0.29) is 24.4 Å². The molecule has 0 aromatic heterocycles. The Labute approximate surface area is 161 Å². The van der Waals surface area contributed by atoms with E-state index in [1.165, 1.54) is 5.56 Å². The van der Waals surface area contributed by atoms with Crippen molar-refractivity contribution in [2.75, 3.05) is 25.1 Å². The van der Waals surface area contributed by atoms with Crippen molar-refractivity contribution in [1.29, 1.82) is 0 Å². The summed E-state index contributed by atoms with van der Waals surface area (Å²) in [5.74, 6) is 0.816. The number of nitrogens with zero attached hydrogens (tertiary/aromatic N) is 1. The first kappa shape index (κ1) is 22.3. The van der Waals surface area contributed by atoms with Gasteiger partial charge in [-0.05, 0) is 42.4 Å². The molecule has 142 valence electrons. The molecular weight excluding hydrogens is 358 g/mol. The maximum absolute atomic E-state index is 11.9. The fraction of sp³-hybridized carbons (Fsp3) is 0.611. The number of hydrogen-bond acceptors (Lipinski definition) is 5. The molecule has 0 aliphatic carbocycles. The third kappa shape index (κ3) is 7.96. The minimum Gasteiger partial charge on any atom is -0.393 e. The van der Waals surface area contributed by atoms with Gasteiger partial charge in [-0.1, -0.05) is 24.3 Å². The molecule has 1 aromatic rings. The molecule has 7 heteroatoms. The lowest BCUT2D eigenvalue weighted by Crippen LogP contribution is -2.40. The Balaban J connectivity index is 0.00000312. The van der Waals surface area contributed by atoms with E-state index in [4.69, 9.17) is 5.73 Å². The number of rotatable bonds is 8. The third-order valence-electron chi connectivity index (χ3n) is 4.42. The largest absolute Gasteiger partial charge is 0.393 e. The number of aliphatic hydroxyl groups is 1. The average Bonchev–Trinajstić information content (AvgIpc) is 2.60. The monoisotopic (exact) mass is 387 g/mol. The van der Waals surface area contributed by atoms with Crippen LogP contribution in [0.1, 0.15) is 30.4 Å². The molecule has 1 aromatic carbocycles. The lowest BCUT2D eigenvalue weighted by atomic mass is 10.1. The van der Waals surface area contributed by atoms with E-state index in [1.54, 1.807) is 11.8 Å². The number of amides is 1. The number of thioether (sulfide) groups is 1. The standard InChI is InChI=1S/C18H29N3O2S.ClH/c1-24-11-8-17(19)18(23)20-12-14-2-4-15(5-3-14)13-21-9-6-16(22)7-10-21;/h2-5,16-17,22H,6-13,19H2,1H3,(H,20,23);1H/t17-;/m0./s1. The highest BCUT2D eigenvalue weighted by molar-refractivity contribution is 7.98. The average molecular weight is 388 g/mol. The van der Waals surface area contributed by atoms with Crippen molar-refractivity contribution < 1.29 is 9.90 Å². The van der Waals surface area contributed by atoms with E-state index < -0.39 is 6.04 Å². The number of nitrogens with one attached hydrogen (secondary N) is 1. The minimum atomic E-state index is -0.425. The second-order valence-corrected chi connectivity index (χ2v) is 7.42. The van der Waals surface area contributed by atoms with Gasteiger partial charge in [-0.3, -0.25) is 9.69 Å². The number of halogens is 1. The molecular formula is C18H30ClN3O2S. The normalized spacial score (nSPS) is 16.9. The van der Waals surface area contributed by atoms with E-state index in [1.807, 2.05) is 6.26 Å². The van der Waals surface area contributed by atoms with Crippen LogP contribution in [0.25, 0.3) is 0 Å². The van der Waals surface area contributed by atoms with Crippen molar-refractivity contribution in [3.63, 3.8) is 0 Å². The van der Waals surface area contributed by atoms with Crippen molar-refractivity contribution in [2.45, 2.75) is 44.5 Å². The minimum absolute atomic E-state index is 0. The van der Waals surface area contributed by atoms with Crippen molar-refractivity contribution in [2.24, 2.45) is 5.73 Å². The first-order valence-electron chi connectivity index (χ1n) is 8.59. The Morgan fingerprint density at radius 3 is 2.52 bits per heavy atom. The van der Waals surface area contributed by atoms with Gasteiger partial charge in [-0.25, -0.2) is 0 Å². The molecule has 25 heavy (non-hydrogen) atoms. The van der Waals surface area contributed by atoms with Crippen LogP contribution in [0.3, 0.4) is 0 Å². The summed E-state index contributed by atoms with van der Waals surface area (Å²) < 4.78 is 0. The molecule has 5 nitrogen and oxygen atoms in total. The summed E-state index contributed by atoms with van der Waals surface area (Å²) in [6.07, 6.45) is 4.31. The van der Waals surface area contributed by atoms with Gasteiger partial charge in [0.2, 0.25) is 5.91 Å². The van der Waals surface area contributed by atoms with Crippen molar-refractivity contribution in [3.8, 4) is 0 Å². The SMILES string of the molecule is CSCC[C@H](N)C(=O)NCc1ccc(CN2CCC(O)CC2)cc1.Cl. The Hall–Kier alpha value is -0.790. The maximum atomic E-state index is 11.9. The zero-order valence-electron chi connectivity index (χ0n) is 14.8. The molecule has 0 saturated carbocycles. The summed E-state index contributed by atoms with van der Waals surface area (Å²) in [5.41, 5.74) is 8.20. The predicted octanol–water partition coefficient (Wildman–Crippen LogP) is 1.76. The Morgan fingerprint density at radius 2 is 1.92 bits per heavy atom. The second kappa shape index (κ2) is 11.8. The Morgan fingerprint density at radius 1 is 1.32 bits per heavy atom. The molecule has 0 spiro atoms. The molecule has 1 heterocycles. The van der Waals surface area contributed by atoms with E-state index in [2.05, 4.69) is 34.5 Å². The molecule has 0 bridgehead atoms. The third-order valence-corrected chi connectivity index (χ3v) is 5.07. The van der Waals surface area contributed by atoms with Gasteiger partial charge in [0.1, 0.15) is 0 Å². The smallest absolute Gasteiger partial charge is 0.237 e. The zero-order chi connectivity index (χ0) is 17.4. The van der Waals surface area contributed by atoms with Crippen LogP contribution in [0.2, 0.25) is 0 Å². The summed E-state index contributed by atoms with van der Waals surface area (Å²) in [4.78, 5) is 14.3. The van der Waals surface area contributed by atoms with E-state index >= 15 is 0 Å². The van der Waals surface area contributed by atoms with Gasteiger partial charge >= 0.3 is 0 Å². The second-order valence-electron chi connectivity index (χ2n) is 6.43. The van der Waals surface area contributed by atoms with E-state index in [9.17, 15) is 9.90 Å². The molecule has 0 unspecified atom stereocenters. The van der Waals surface area contributed by atoms with Crippen LogP contribution in [-0.4, -0.2) is 53.2 Å². The highest BCUT2D eigenvalue weighted by Crippen LogP contribution is 2.14. The Bertz CT molecular complexity index is 508. The number of benzene rings is 1. The van der Waals surface area contributed by atoms with E-state index in [0.717, 1.165) is 43.8 Å². The van der Waals surface area contributed by atoms with Crippen LogP contribution in [-0.2, 0) is 17.9 Å². The van der Waals surface area contributed by atoms with Gasteiger partial charge in [-0.15, -0.1) is 12.4 Å². The van der Waals surface area contributed by atoms with Crippen LogP contribution in [0.4, 0.5) is 0 Å². The van der Waals surface area contributed by atoms with Crippen molar-refractivity contribution in [3.05, 3.63) is 35.4 Å². The number of carbonyl (C=O) groups excluding carboxylic acids is 1. The molecule has 1 aliphatic rings. The lowest BCUT2D eigenvalue weighted by Gasteiger charge is -2.29. The van der Waals surface area contributed by atoms with Crippen molar-refractivity contribution >= 4 is 30.1 Å². The number of piperidine rings is 1. The fourth-order valence-corrected chi connectivity index (χ4v) is 3.28. The number of hydrogen-bond donors (Lipinski definition) is 3. The molecule has 1 amide bonds. The molecule has 1 aliphatic heterocycles. The summed E-state index contributed by atoms with van der Waals surface area (Å²) in [6, 6.07) is 7.91. The van der Waals surface area contributed by atoms with Crippen molar-refractivity contribution in [1.82, 2.24) is 10.2 Å². The highest BCUT2D eigenvalue weighted by Gasteiger charge is 2.17.